The third-order valence-electron chi connectivity index (χ3n) is 6.21. The first-order chi connectivity index (χ1) is 13.7. The van der Waals surface area contributed by atoms with Gasteiger partial charge in [0.1, 0.15) is 23.9 Å². The molecule has 5 heteroatoms. The van der Waals surface area contributed by atoms with E-state index in [0.29, 0.717) is 12.5 Å². The lowest BCUT2D eigenvalue weighted by Crippen LogP contribution is -2.88. The van der Waals surface area contributed by atoms with Crippen molar-refractivity contribution in [3.05, 3.63) is 30.3 Å². The molecule has 1 unspecified atom stereocenters. The standard InChI is InChI=1S/C24H37N3OS/c1-18(2)16-27-22(29)26-21(24(27)14-10-7-11-15-24)25-20(23(3,4)5)17-28-19-12-8-6-9-13-19/h6,8-9,12-13,18,20H,7,10-11,14-17H2,1-5H3,(H,25,26,29)/p+1. The second-order valence-corrected chi connectivity index (χ2v) is 10.5. The Kier molecular flexibility index (Phi) is 6.87. The second-order valence-electron chi connectivity index (χ2n) is 10.1. The first-order valence-corrected chi connectivity index (χ1v) is 11.5. The lowest BCUT2D eigenvalue weighted by atomic mass is 9.79. The normalized spacial score (nSPS) is 21.7. The summed E-state index contributed by atoms with van der Waals surface area (Å²) in [7, 11) is 0. The third kappa shape index (κ3) is 5.11. The van der Waals surface area contributed by atoms with Crippen LogP contribution in [0, 0.1) is 11.3 Å². The molecule has 1 spiro atoms. The number of nitrogens with zero attached hydrogens (tertiary/aromatic N) is 1. The zero-order valence-electron chi connectivity index (χ0n) is 18.8. The van der Waals surface area contributed by atoms with Crippen LogP contribution in [0.1, 0.15) is 66.7 Å². The molecular weight excluding hydrogens is 378 g/mol. The topological polar surface area (TPSA) is 38.5 Å². The minimum Gasteiger partial charge on any atom is -0.489 e. The fourth-order valence-electron chi connectivity index (χ4n) is 4.45. The largest absolute Gasteiger partial charge is 0.489 e. The molecule has 160 valence electrons. The number of thiocarbonyl (C=S) groups is 1. The summed E-state index contributed by atoms with van der Waals surface area (Å²) in [5.74, 6) is 2.68. The summed E-state index contributed by atoms with van der Waals surface area (Å²) in [6, 6.07) is 10.3. The van der Waals surface area contributed by atoms with E-state index >= 15 is 0 Å². The van der Waals surface area contributed by atoms with E-state index in [9.17, 15) is 0 Å². The van der Waals surface area contributed by atoms with E-state index in [-0.39, 0.29) is 17.0 Å². The van der Waals surface area contributed by atoms with Crippen molar-refractivity contribution in [3.63, 3.8) is 0 Å². The van der Waals surface area contributed by atoms with Gasteiger partial charge < -0.3 is 9.64 Å². The molecule has 1 saturated heterocycles. The molecule has 1 aliphatic carbocycles. The van der Waals surface area contributed by atoms with Crippen molar-refractivity contribution in [1.29, 1.82) is 0 Å². The Morgan fingerprint density at radius 1 is 1.14 bits per heavy atom. The average molecular weight is 417 g/mol. The molecule has 1 aliphatic heterocycles. The van der Waals surface area contributed by atoms with Crippen molar-refractivity contribution in [3.8, 4) is 5.75 Å². The summed E-state index contributed by atoms with van der Waals surface area (Å²) < 4.78 is 6.15. The Morgan fingerprint density at radius 2 is 1.79 bits per heavy atom. The van der Waals surface area contributed by atoms with Crippen LogP contribution in [-0.2, 0) is 0 Å². The Hall–Kier alpha value is -1.62. The van der Waals surface area contributed by atoms with E-state index in [0.717, 1.165) is 30.2 Å². The number of benzene rings is 1. The van der Waals surface area contributed by atoms with Gasteiger partial charge in [-0.1, -0.05) is 72.1 Å². The lowest BCUT2D eigenvalue weighted by molar-refractivity contribution is -0.529. The van der Waals surface area contributed by atoms with Crippen LogP contribution in [0.25, 0.3) is 0 Å². The number of para-hydroxylation sites is 1. The first-order valence-electron chi connectivity index (χ1n) is 11.1. The van der Waals surface area contributed by atoms with E-state index in [2.05, 4.69) is 49.8 Å². The van der Waals surface area contributed by atoms with Crippen molar-refractivity contribution >= 4 is 23.2 Å². The number of hydrogen-bond acceptors (Lipinski definition) is 2. The number of hydrogen-bond donors (Lipinski definition) is 2. The van der Waals surface area contributed by atoms with E-state index < -0.39 is 0 Å². The van der Waals surface area contributed by atoms with Crippen molar-refractivity contribution in [2.24, 2.45) is 11.3 Å². The lowest BCUT2D eigenvalue weighted by Gasteiger charge is -2.39. The van der Waals surface area contributed by atoms with Gasteiger partial charge in [0.25, 0.3) is 10.9 Å². The Morgan fingerprint density at radius 3 is 2.38 bits per heavy atom. The molecule has 3 rings (SSSR count). The molecule has 1 aromatic rings. The molecule has 29 heavy (non-hydrogen) atoms. The van der Waals surface area contributed by atoms with Crippen molar-refractivity contribution < 1.29 is 9.73 Å². The summed E-state index contributed by atoms with van der Waals surface area (Å²) in [6.07, 6.45) is 6.14. The maximum Gasteiger partial charge on any atom is 0.276 e. The van der Waals surface area contributed by atoms with Crippen LogP contribution in [0.2, 0.25) is 0 Å². The predicted octanol–water partition coefficient (Wildman–Crippen LogP) is 3.51. The zero-order chi connectivity index (χ0) is 21.1. The molecule has 0 radical (unpaired) electrons. The zero-order valence-corrected chi connectivity index (χ0v) is 19.6. The van der Waals surface area contributed by atoms with Gasteiger partial charge in [0.15, 0.2) is 0 Å². The number of rotatable bonds is 6. The molecule has 1 heterocycles. The second kappa shape index (κ2) is 9.03. The van der Waals surface area contributed by atoms with Crippen molar-refractivity contribution in [2.45, 2.75) is 78.3 Å². The number of amidine groups is 1. The predicted molar refractivity (Wildman–Crippen MR) is 124 cm³/mol. The van der Waals surface area contributed by atoms with Gasteiger partial charge in [-0.15, -0.1) is 0 Å². The van der Waals surface area contributed by atoms with Gasteiger partial charge in [0, 0.05) is 12.0 Å². The molecule has 1 atom stereocenters. The molecule has 2 aliphatic rings. The van der Waals surface area contributed by atoms with E-state index in [1.165, 1.54) is 25.1 Å². The molecule has 0 bridgehead atoms. The average Bonchev–Trinajstić information content (AvgIpc) is 2.90. The van der Waals surface area contributed by atoms with Crippen LogP contribution in [0.4, 0.5) is 0 Å². The first kappa shape index (κ1) is 22.1. The third-order valence-corrected chi connectivity index (χ3v) is 6.53. The van der Waals surface area contributed by atoms with Gasteiger partial charge >= 0.3 is 0 Å². The van der Waals surface area contributed by atoms with Gasteiger partial charge in [0.05, 0.1) is 0 Å². The van der Waals surface area contributed by atoms with Crippen LogP contribution in [0.3, 0.4) is 0 Å². The maximum atomic E-state index is 6.15. The summed E-state index contributed by atoms with van der Waals surface area (Å²) in [5, 5.41) is 4.45. The highest BCUT2D eigenvalue weighted by molar-refractivity contribution is 7.80. The fourth-order valence-corrected chi connectivity index (χ4v) is 4.80. The summed E-state index contributed by atoms with van der Waals surface area (Å²) in [6.45, 7) is 13.0. The van der Waals surface area contributed by atoms with Gasteiger partial charge in [0.2, 0.25) is 0 Å². The SMILES string of the molecule is CC(C)CN1C(=S)NC(=[NH+]C(COc2ccccc2)C(C)(C)C)C12CCCCC2. The van der Waals surface area contributed by atoms with Gasteiger partial charge in [-0.05, 0) is 43.1 Å². The maximum absolute atomic E-state index is 6.15. The molecule has 4 nitrogen and oxygen atoms in total. The monoisotopic (exact) mass is 416 g/mol. The van der Waals surface area contributed by atoms with Gasteiger partial charge in [-0.25, -0.2) is 5.32 Å². The van der Waals surface area contributed by atoms with Gasteiger partial charge in [-0.3, -0.25) is 4.99 Å². The molecule has 2 N–H and O–H groups in total. The van der Waals surface area contributed by atoms with Crippen LogP contribution >= 0.6 is 12.2 Å². The summed E-state index contributed by atoms with van der Waals surface area (Å²) >= 11 is 5.80. The Labute approximate surface area is 182 Å². The smallest absolute Gasteiger partial charge is 0.276 e. The van der Waals surface area contributed by atoms with Crippen molar-refractivity contribution in [1.82, 2.24) is 10.2 Å². The molecule has 0 amide bonds. The summed E-state index contributed by atoms with van der Waals surface area (Å²) in [5.41, 5.74) is 0.0439. The van der Waals surface area contributed by atoms with Gasteiger partial charge in [-0.2, -0.15) is 0 Å². The van der Waals surface area contributed by atoms with E-state index in [1.54, 1.807) is 0 Å². The molecule has 2 fully saturated rings. The number of nitrogens with one attached hydrogen (secondary N) is 2. The minimum absolute atomic E-state index is 0.00412. The quantitative estimate of drug-likeness (QED) is 0.696. The highest BCUT2D eigenvalue weighted by Crippen LogP contribution is 2.37. The molecule has 1 saturated carbocycles. The molecule has 1 aromatic carbocycles. The van der Waals surface area contributed by atoms with Crippen LogP contribution in [-0.4, -0.2) is 40.6 Å². The Balaban J connectivity index is 1.89. The highest BCUT2D eigenvalue weighted by Gasteiger charge is 2.55. The fraction of sp³-hybridized carbons (Fsp3) is 0.667. The Bertz CT molecular complexity index is 717. The van der Waals surface area contributed by atoms with E-state index in [1.807, 2.05) is 30.3 Å². The molecule has 0 aromatic heterocycles. The highest BCUT2D eigenvalue weighted by atomic mass is 32.1. The van der Waals surface area contributed by atoms with E-state index in [4.69, 9.17) is 17.0 Å². The molecular formula is C24H38N3OS+. The number of ether oxygens (including phenoxy) is 1. The van der Waals surface area contributed by atoms with Crippen LogP contribution in [0.15, 0.2) is 30.3 Å². The van der Waals surface area contributed by atoms with Crippen molar-refractivity contribution in [2.75, 3.05) is 13.2 Å². The van der Waals surface area contributed by atoms with Crippen LogP contribution < -0.4 is 15.0 Å². The summed E-state index contributed by atoms with van der Waals surface area (Å²) in [4.78, 5) is 6.34. The minimum atomic E-state index is -0.00412. The van der Waals surface area contributed by atoms with Crippen LogP contribution in [0.5, 0.6) is 5.75 Å².